The van der Waals surface area contributed by atoms with E-state index in [9.17, 15) is 24.3 Å². The number of aliphatic hydroxyl groups excluding tert-OH is 1. The summed E-state index contributed by atoms with van der Waals surface area (Å²) >= 11 is 0. The lowest BCUT2D eigenvalue weighted by molar-refractivity contribution is -0.164. The molecule has 264 valence electrons. The van der Waals surface area contributed by atoms with Crippen LogP contribution in [0.1, 0.15) is 89.7 Å². The number of hydrogen-bond acceptors (Lipinski definition) is 7. The van der Waals surface area contributed by atoms with Crippen molar-refractivity contribution >= 4 is 23.7 Å². The first-order valence-electron chi connectivity index (χ1n) is 17.8. The van der Waals surface area contributed by atoms with Gasteiger partial charge >= 0.3 is 5.97 Å². The average molecular weight is 666 g/mol. The van der Waals surface area contributed by atoms with Crippen LogP contribution in [0.2, 0.25) is 0 Å². The van der Waals surface area contributed by atoms with E-state index in [4.69, 9.17) is 9.47 Å². The zero-order chi connectivity index (χ0) is 34.8. The predicted octanol–water partition coefficient (Wildman–Crippen LogP) is 4.83. The van der Waals surface area contributed by atoms with Crippen molar-refractivity contribution in [2.45, 2.75) is 108 Å². The van der Waals surface area contributed by atoms with Gasteiger partial charge in [0.1, 0.15) is 17.7 Å². The summed E-state index contributed by atoms with van der Waals surface area (Å²) in [7, 11) is 1.71. The molecule has 0 saturated carbocycles. The van der Waals surface area contributed by atoms with Crippen LogP contribution < -0.4 is 0 Å². The Labute approximate surface area is 286 Å². The monoisotopic (exact) mass is 665 g/mol. The minimum absolute atomic E-state index is 0.0873. The topological polar surface area (TPSA) is 117 Å². The Morgan fingerprint density at radius 3 is 2.52 bits per heavy atom. The normalized spacial score (nSPS) is 25.3. The van der Waals surface area contributed by atoms with E-state index in [0.717, 1.165) is 31.2 Å². The molecule has 1 N–H and O–H groups in total. The second kappa shape index (κ2) is 17.2. The van der Waals surface area contributed by atoms with Gasteiger partial charge in [0.25, 0.3) is 0 Å². The molecule has 10 heteroatoms. The summed E-state index contributed by atoms with van der Waals surface area (Å²) in [5, 5.41) is 9.23. The lowest BCUT2D eigenvalue weighted by Crippen LogP contribution is -2.56. The molecule has 0 unspecified atom stereocenters. The maximum Gasteiger partial charge on any atom is 0.313 e. The molecule has 3 heterocycles. The summed E-state index contributed by atoms with van der Waals surface area (Å²) in [5.41, 5.74) is -0.378. The molecule has 3 aliphatic heterocycles. The summed E-state index contributed by atoms with van der Waals surface area (Å²) in [5.74, 6) is -2.75. The van der Waals surface area contributed by atoms with Crippen LogP contribution >= 0.6 is 0 Å². The van der Waals surface area contributed by atoms with Crippen LogP contribution in [0, 0.1) is 11.8 Å². The molecule has 0 aliphatic carbocycles. The number of unbranched alkanes of at least 4 members (excludes halogenated alkanes) is 4. The Morgan fingerprint density at radius 2 is 1.85 bits per heavy atom. The van der Waals surface area contributed by atoms with E-state index < -0.39 is 47.7 Å². The van der Waals surface area contributed by atoms with Gasteiger partial charge in [0.15, 0.2) is 0 Å². The number of carbonyl (C=O) groups is 4. The minimum Gasteiger partial charge on any atom is -0.455 e. The highest BCUT2D eigenvalue weighted by atomic mass is 16.6. The number of esters is 1. The molecule has 4 rings (SSSR count). The predicted molar refractivity (Wildman–Crippen MR) is 183 cm³/mol. The summed E-state index contributed by atoms with van der Waals surface area (Å²) in [4.78, 5) is 61.2. The molecule has 3 fully saturated rings. The van der Waals surface area contributed by atoms with E-state index in [1.807, 2.05) is 37.3 Å². The van der Waals surface area contributed by atoms with Crippen LogP contribution in [0.15, 0.2) is 55.6 Å². The van der Waals surface area contributed by atoms with Gasteiger partial charge in [-0.2, -0.15) is 0 Å². The molecule has 48 heavy (non-hydrogen) atoms. The van der Waals surface area contributed by atoms with Crippen LogP contribution in [0.5, 0.6) is 0 Å². The van der Waals surface area contributed by atoms with Gasteiger partial charge in [-0.05, 0) is 51.0 Å². The molecular weight excluding hydrogens is 610 g/mol. The van der Waals surface area contributed by atoms with Crippen molar-refractivity contribution in [1.82, 2.24) is 14.7 Å². The summed E-state index contributed by atoms with van der Waals surface area (Å²) in [6.45, 7) is 12.9. The highest BCUT2D eigenvalue weighted by molar-refractivity contribution is 5.98. The van der Waals surface area contributed by atoms with Crippen LogP contribution in [0.25, 0.3) is 0 Å². The Hall–Kier alpha value is -3.50. The van der Waals surface area contributed by atoms with E-state index in [-0.39, 0.29) is 24.3 Å². The first kappa shape index (κ1) is 37.3. The summed E-state index contributed by atoms with van der Waals surface area (Å²) < 4.78 is 13.0. The highest BCUT2D eigenvalue weighted by Crippen LogP contribution is 2.59. The van der Waals surface area contributed by atoms with Crippen LogP contribution in [0.3, 0.4) is 0 Å². The molecule has 3 aliphatic rings. The number of carbonyl (C=O) groups excluding carboxylic acids is 4. The molecule has 10 nitrogen and oxygen atoms in total. The first-order valence-corrected chi connectivity index (χ1v) is 17.8. The third-order valence-electron chi connectivity index (χ3n) is 10.4. The van der Waals surface area contributed by atoms with Crippen molar-refractivity contribution in [3.8, 4) is 0 Å². The fourth-order valence-corrected chi connectivity index (χ4v) is 7.78. The number of likely N-dealkylation sites (tertiary alicyclic amines) is 1. The number of fused-ring (bicyclic) bond motifs is 1. The summed E-state index contributed by atoms with van der Waals surface area (Å²) in [6.07, 6.45) is 8.68. The second-order valence-corrected chi connectivity index (χ2v) is 13.5. The Bertz CT molecular complexity index is 1290. The van der Waals surface area contributed by atoms with E-state index in [1.54, 1.807) is 33.9 Å². The number of likely N-dealkylation sites (N-methyl/N-ethyl adjacent to an activating group) is 1. The molecule has 3 saturated heterocycles. The van der Waals surface area contributed by atoms with Gasteiger partial charge in [-0.1, -0.05) is 68.7 Å². The third kappa shape index (κ3) is 7.70. The fourth-order valence-electron chi connectivity index (χ4n) is 7.78. The number of hydrogen-bond donors (Lipinski definition) is 1. The molecule has 1 aromatic rings. The van der Waals surface area contributed by atoms with Crippen LogP contribution in [0.4, 0.5) is 0 Å². The maximum absolute atomic E-state index is 14.4. The average Bonchev–Trinajstić information content (AvgIpc) is 3.74. The molecule has 1 aromatic carbocycles. The molecule has 1 spiro atoms. The molecular formula is C38H55N3O7. The standard InChI is InChI=1S/C38H55N3O7/c1-6-9-20-30(43)39(5)27(4)33(28-18-14-13-15-19-28)47-37(46)31-29-21-22-38(48-29)32(31)35(44)41(25-16-11-12-17-26-42)34(38)36(45)40(23-8-3)24-10-7-2/h6,8,13-15,18-19,27,29,31-34,42H,1,3,7,9-12,16-17,20-26H2,2,4-5H3/t27-,29+,31-,32-,33+,34+,38-/m1/s1. The number of aliphatic hydroxyl groups is 1. The SMILES string of the molecule is C=CCCC(=O)N(C)[C@H](C)[C@H](OC(=O)[C@@H]1[C@@H]2CC[C@]3(O2)[C@H](C(=O)N(CC=C)CCCC)N(CCCCCCO)C(=O)[C@@H]13)c1ccccc1. The zero-order valence-corrected chi connectivity index (χ0v) is 29.1. The number of nitrogens with zero attached hydrogens (tertiary/aromatic N) is 3. The van der Waals surface area contributed by atoms with Gasteiger partial charge in [0.2, 0.25) is 17.7 Å². The van der Waals surface area contributed by atoms with Crippen molar-refractivity contribution in [1.29, 1.82) is 0 Å². The van der Waals surface area contributed by atoms with E-state index >= 15 is 0 Å². The lowest BCUT2D eigenvalue weighted by atomic mass is 9.70. The van der Waals surface area contributed by atoms with Gasteiger partial charge < -0.3 is 29.3 Å². The van der Waals surface area contributed by atoms with E-state index in [1.165, 1.54) is 0 Å². The quantitative estimate of drug-likeness (QED) is 0.121. The van der Waals surface area contributed by atoms with Crippen molar-refractivity contribution in [3.05, 3.63) is 61.2 Å². The zero-order valence-electron chi connectivity index (χ0n) is 29.1. The van der Waals surface area contributed by atoms with Crippen molar-refractivity contribution in [2.24, 2.45) is 11.8 Å². The van der Waals surface area contributed by atoms with Crippen molar-refractivity contribution < 1.29 is 33.8 Å². The van der Waals surface area contributed by atoms with Gasteiger partial charge in [0, 0.05) is 39.7 Å². The third-order valence-corrected chi connectivity index (χ3v) is 10.4. The van der Waals surface area contributed by atoms with Crippen molar-refractivity contribution in [2.75, 3.05) is 33.3 Å². The number of benzene rings is 1. The van der Waals surface area contributed by atoms with Gasteiger partial charge in [-0.3, -0.25) is 19.2 Å². The molecule has 0 radical (unpaired) electrons. The van der Waals surface area contributed by atoms with E-state index in [0.29, 0.717) is 58.2 Å². The molecule has 7 atom stereocenters. The van der Waals surface area contributed by atoms with Crippen LogP contribution in [-0.4, -0.2) is 101 Å². The number of rotatable bonds is 20. The smallest absolute Gasteiger partial charge is 0.313 e. The molecule has 3 amide bonds. The van der Waals surface area contributed by atoms with Crippen LogP contribution in [-0.2, 0) is 28.7 Å². The maximum atomic E-state index is 14.4. The van der Waals surface area contributed by atoms with Gasteiger partial charge in [-0.25, -0.2) is 0 Å². The molecule has 0 aromatic heterocycles. The van der Waals surface area contributed by atoms with Gasteiger partial charge in [0.05, 0.1) is 24.0 Å². The number of ether oxygens (including phenoxy) is 2. The van der Waals surface area contributed by atoms with E-state index in [2.05, 4.69) is 20.1 Å². The summed E-state index contributed by atoms with van der Waals surface area (Å²) in [6, 6.07) is 8.01. The minimum atomic E-state index is -1.12. The number of amides is 3. The lowest BCUT2D eigenvalue weighted by Gasteiger charge is -2.37. The van der Waals surface area contributed by atoms with Crippen molar-refractivity contribution in [3.63, 3.8) is 0 Å². The number of allylic oxidation sites excluding steroid dienone is 1. The molecule has 2 bridgehead atoms. The van der Waals surface area contributed by atoms with Gasteiger partial charge in [-0.15, -0.1) is 13.2 Å². The largest absolute Gasteiger partial charge is 0.455 e. The Kier molecular flexibility index (Phi) is 13.4. The highest BCUT2D eigenvalue weighted by Gasteiger charge is 2.75. The first-order chi connectivity index (χ1) is 23.2. The Balaban J connectivity index is 1.65. The fraction of sp³-hybridized carbons (Fsp3) is 0.632. The Morgan fingerprint density at radius 1 is 1.12 bits per heavy atom. The second-order valence-electron chi connectivity index (χ2n) is 13.5.